The number of aromatic carboxylic acids is 1. The van der Waals surface area contributed by atoms with Gasteiger partial charge in [0.25, 0.3) is 0 Å². The van der Waals surface area contributed by atoms with Crippen molar-refractivity contribution in [3.8, 4) is 0 Å². The van der Waals surface area contributed by atoms with Crippen LogP contribution >= 0.6 is 0 Å². The Bertz CT molecular complexity index is 388. The lowest BCUT2D eigenvalue weighted by atomic mass is 10.1. The van der Waals surface area contributed by atoms with Crippen molar-refractivity contribution in [1.82, 2.24) is 9.97 Å². The Hall–Kier alpha value is -1.49. The molecule has 0 amide bonds. The van der Waals surface area contributed by atoms with Crippen LogP contribution in [-0.2, 0) is 10.3 Å². The zero-order valence-corrected chi connectivity index (χ0v) is 9.24. The zero-order valence-electron chi connectivity index (χ0n) is 9.24. The van der Waals surface area contributed by atoms with Gasteiger partial charge in [-0.3, -0.25) is 0 Å². The molecule has 1 aromatic heterocycles. The summed E-state index contributed by atoms with van der Waals surface area (Å²) in [5.74, 6) is -0.684. The van der Waals surface area contributed by atoms with Crippen LogP contribution in [0.4, 0.5) is 0 Å². The monoisotopic (exact) mass is 210 g/mol. The molecule has 1 heterocycles. The highest BCUT2D eigenvalue weighted by Gasteiger charge is 2.24. The van der Waals surface area contributed by atoms with Gasteiger partial charge in [0, 0.05) is 18.9 Å². The van der Waals surface area contributed by atoms with Crippen LogP contribution < -0.4 is 0 Å². The van der Waals surface area contributed by atoms with E-state index in [0.717, 1.165) is 0 Å². The number of methoxy groups -OCH3 is 1. The number of carboxylic acids is 1. The second kappa shape index (κ2) is 3.94. The highest BCUT2D eigenvalue weighted by molar-refractivity contribution is 5.86. The molecule has 15 heavy (non-hydrogen) atoms. The lowest BCUT2D eigenvalue weighted by Gasteiger charge is -2.21. The number of hydrogen-bond acceptors (Lipinski definition) is 4. The molecule has 0 spiro atoms. The summed E-state index contributed by atoms with van der Waals surface area (Å²) in [7, 11) is 1.53. The van der Waals surface area contributed by atoms with E-state index >= 15 is 0 Å². The molecule has 82 valence electrons. The molecule has 5 heteroatoms. The summed E-state index contributed by atoms with van der Waals surface area (Å²) in [6.45, 7) is 5.22. The number of nitrogens with zero attached hydrogens (tertiary/aromatic N) is 2. The lowest BCUT2D eigenvalue weighted by molar-refractivity contribution is 0.0111. The fourth-order valence-electron chi connectivity index (χ4n) is 1.04. The van der Waals surface area contributed by atoms with Crippen molar-refractivity contribution in [3.63, 3.8) is 0 Å². The van der Waals surface area contributed by atoms with Crippen LogP contribution in [0.2, 0.25) is 0 Å². The Labute approximate surface area is 88.1 Å². The summed E-state index contributed by atoms with van der Waals surface area (Å²) >= 11 is 0. The summed E-state index contributed by atoms with van der Waals surface area (Å²) < 4.78 is 5.18. The van der Waals surface area contributed by atoms with E-state index in [9.17, 15) is 4.79 Å². The van der Waals surface area contributed by atoms with E-state index in [-0.39, 0.29) is 5.69 Å². The summed E-state index contributed by atoms with van der Waals surface area (Å²) in [4.78, 5) is 18.9. The third kappa shape index (κ3) is 2.30. The van der Waals surface area contributed by atoms with Crippen LogP contribution in [0.1, 0.15) is 35.7 Å². The lowest BCUT2D eigenvalue weighted by Crippen LogP contribution is -2.24. The average molecular weight is 210 g/mol. The molecule has 0 saturated heterocycles. The van der Waals surface area contributed by atoms with E-state index in [2.05, 4.69) is 9.97 Å². The number of carbonyl (C=O) groups is 1. The minimum Gasteiger partial charge on any atom is -0.477 e. The minimum atomic E-state index is -1.05. The van der Waals surface area contributed by atoms with Crippen LogP contribution in [0.25, 0.3) is 0 Å². The van der Waals surface area contributed by atoms with E-state index in [0.29, 0.717) is 11.4 Å². The Morgan fingerprint density at radius 3 is 2.60 bits per heavy atom. The van der Waals surface area contributed by atoms with E-state index < -0.39 is 11.6 Å². The molecule has 0 aliphatic heterocycles. The first-order valence-electron chi connectivity index (χ1n) is 4.51. The van der Waals surface area contributed by atoms with E-state index in [1.165, 1.54) is 13.3 Å². The Balaban J connectivity index is 3.25. The van der Waals surface area contributed by atoms with Gasteiger partial charge < -0.3 is 9.84 Å². The first kappa shape index (κ1) is 11.6. The highest BCUT2D eigenvalue weighted by atomic mass is 16.5. The molecule has 1 rings (SSSR count). The maximum absolute atomic E-state index is 10.9. The van der Waals surface area contributed by atoms with Crippen molar-refractivity contribution in [1.29, 1.82) is 0 Å². The van der Waals surface area contributed by atoms with Crippen LogP contribution in [0.5, 0.6) is 0 Å². The van der Waals surface area contributed by atoms with Crippen molar-refractivity contribution in [2.75, 3.05) is 7.11 Å². The normalized spacial score (nSPS) is 11.5. The summed E-state index contributed by atoms with van der Waals surface area (Å²) in [6.07, 6.45) is 1.49. The number of aromatic nitrogens is 2. The van der Waals surface area contributed by atoms with Gasteiger partial charge >= 0.3 is 5.97 Å². The predicted octanol–water partition coefficient (Wildman–Crippen LogP) is 1.36. The molecule has 0 saturated carbocycles. The van der Waals surface area contributed by atoms with Gasteiger partial charge in [0.1, 0.15) is 5.60 Å². The summed E-state index contributed by atoms with van der Waals surface area (Å²) in [5, 5.41) is 8.90. The molecule has 0 aliphatic rings. The van der Waals surface area contributed by atoms with Gasteiger partial charge in [-0.1, -0.05) is 0 Å². The molecular formula is C10H14N2O3. The van der Waals surface area contributed by atoms with E-state index in [4.69, 9.17) is 9.84 Å². The Morgan fingerprint density at radius 2 is 2.13 bits per heavy atom. The number of aryl methyl sites for hydroxylation is 1. The number of rotatable bonds is 3. The smallest absolute Gasteiger partial charge is 0.354 e. The third-order valence-corrected chi connectivity index (χ3v) is 2.22. The maximum Gasteiger partial charge on any atom is 0.354 e. The molecule has 0 aromatic carbocycles. The van der Waals surface area contributed by atoms with Crippen LogP contribution in [0.15, 0.2) is 6.20 Å². The van der Waals surface area contributed by atoms with Crippen LogP contribution in [-0.4, -0.2) is 28.2 Å². The predicted molar refractivity (Wildman–Crippen MR) is 53.8 cm³/mol. The zero-order chi connectivity index (χ0) is 11.6. The van der Waals surface area contributed by atoms with Gasteiger partial charge in [0.2, 0.25) is 0 Å². The molecule has 0 aliphatic carbocycles. The van der Waals surface area contributed by atoms with Crippen molar-refractivity contribution in [2.24, 2.45) is 0 Å². The maximum atomic E-state index is 10.9. The molecule has 1 N–H and O–H groups in total. The molecular weight excluding hydrogens is 196 g/mol. The second-order valence-corrected chi connectivity index (χ2v) is 3.74. The van der Waals surface area contributed by atoms with Crippen molar-refractivity contribution >= 4 is 5.97 Å². The summed E-state index contributed by atoms with van der Waals surface area (Å²) in [6, 6.07) is 0. The Morgan fingerprint density at radius 1 is 1.53 bits per heavy atom. The van der Waals surface area contributed by atoms with Gasteiger partial charge in [-0.05, 0) is 20.8 Å². The Kier molecular flexibility index (Phi) is 3.04. The molecule has 0 unspecified atom stereocenters. The fraction of sp³-hybridized carbons (Fsp3) is 0.500. The van der Waals surface area contributed by atoms with E-state index in [1.54, 1.807) is 20.8 Å². The van der Waals surface area contributed by atoms with Gasteiger partial charge in [-0.25, -0.2) is 14.8 Å². The van der Waals surface area contributed by atoms with E-state index in [1.807, 2.05) is 0 Å². The standard InChI is InChI=1S/C10H14N2O3/c1-6-5-11-9(10(2,3)15-4)12-7(6)8(13)14/h5H,1-4H3,(H,13,14). The molecule has 5 nitrogen and oxygen atoms in total. The fourth-order valence-corrected chi connectivity index (χ4v) is 1.04. The second-order valence-electron chi connectivity index (χ2n) is 3.74. The van der Waals surface area contributed by atoms with Crippen molar-refractivity contribution < 1.29 is 14.6 Å². The van der Waals surface area contributed by atoms with Gasteiger partial charge in [-0.15, -0.1) is 0 Å². The quantitative estimate of drug-likeness (QED) is 0.815. The highest BCUT2D eigenvalue weighted by Crippen LogP contribution is 2.20. The van der Waals surface area contributed by atoms with Gasteiger partial charge in [-0.2, -0.15) is 0 Å². The first-order chi connectivity index (χ1) is 6.88. The number of carboxylic acid groups (broad SMARTS) is 1. The number of hydrogen-bond donors (Lipinski definition) is 1. The van der Waals surface area contributed by atoms with Crippen molar-refractivity contribution in [2.45, 2.75) is 26.4 Å². The van der Waals surface area contributed by atoms with Gasteiger partial charge in [0.05, 0.1) is 0 Å². The van der Waals surface area contributed by atoms with Gasteiger partial charge in [0.15, 0.2) is 11.5 Å². The number of ether oxygens (including phenoxy) is 1. The molecule has 0 bridgehead atoms. The molecule has 0 atom stereocenters. The SMILES string of the molecule is COC(C)(C)c1ncc(C)c(C(=O)O)n1. The van der Waals surface area contributed by atoms with Crippen LogP contribution in [0.3, 0.4) is 0 Å². The molecule has 0 radical (unpaired) electrons. The first-order valence-corrected chi connectivity index (χ1v) is 4.51. The third-order valence-electron chi connectivity index (χ3n) is 2.22. The topological polar surface area (TPSA) is 72.3 Å². The van der Waals surface area contributed by atoms with Crippen LogP contribution in [0, 0.1) is 6.92 Å². The molecule has 0 fully saturated rings. The van der Waals surface area contributed by atoms with Crippen molar-refractivity contribution in [3.05, 3.63) is 23.3 Å². The minimum absolute atomic E-state index is 0.0186. The molecule has 1 aromatic rings. The summed E-state index contributed by atoms with van der Waals surface area (Å²) in [5.41, 5.74) is -0.124. The average Bonchev–Trinajstić information content (AvgIpc) is 2.17. The largest absolute Gasteiger partial charge is 0.477 e.